The van der Waals surface area contributed by atoms with Crippen molar-refractivity contribution in [1.82, 2.24) is 4.90 Å². The predicted octanol–water partition coefficient (Wildman–Crippen LogP) is 4.93. The minimum absolute atomic E-state index is 0.0964. The maximum atomic E-state index is 14.7. The average Bonchev–Trinajstić information content (AvgIpc) is 3.53. The fraction of sp³-hybridized carbons (Fsp3) is 0.594. The zero-order valence-electron chi connectivity index (χ0n) is 24.4. The van der Waals surface area contributed by atoms with Crippen LogP contribution in [0.1, 0.15) is 59.3 Å². The van der Waals surface area contributed by atoms with Crippen LogP contribution in [0, 0.1) is 17.8 Å². The van der Waals surface area contributed by atoms with Crippen LogP contribution in [0.25, 0.3) is 0 Å². The number of anilines is 1. The Balaban J connectivity index is 1.77. The lowest BCUT2D eigenvalue weighted by Gasteiger charge is -2.41. The Morgan fingerprint density at radius 1 is 1.24 bits per heavy atom. The maximum absolute atomic E-state index is 14.7. The van der Waals surface area contributed by atoms with Gasteiger partial charge in [0.2, 0.25) is 5.91 Å². The second kappa shape index (κ2) is 12.7. The number of hydrogen-bond donors (Lipinski definition) is 1. The number of unbranched alkanes of at least 4 members (excludes halogenated alkanes) is 2. The summed E-state index contributed by atoms with van der Waals surface area (Å²) in [6, 6.07) is 5.25. The minimum Gasteiger partial charge on any atom is -0.465 e. The Bertz CT molecular complexity index is 1160. The highest BCUT2D eigenvalue weighted by molar-refractivity contribution is 6.30. The van der Waals surface area contributed by atoms with Gasteiger partial charge in [0.05, 0.1) is 30.8 Å². The van der Waals surface area contributed by atoms with Crippen LogP contribution in [0.3, 0.4) is 0 Å². The number of aliphatic hydroxyl groups excluding tert-OH is 1. The number of hydrogen-bond acceptors (Lipinski definition) is 6. The van der Waals surface area contributed by atoms with E-state index >= 15 is 0 Å². The van der Waals surface area contributed by atoms with Crippen LogP contribution in [0.5, 0.6) is 0 Å². The van der Waals surface area contributed by atoms with E-state index < -0.39 is 41.1 Å². The Labute approximate surface area is 248 Å². The Morgan fingerprint density at radius 2 is 1.95 bits per heavy atom. The van der Waals surface area contributed by atoms with Crippen molar-refractivity contribution in [2.45, 2.75) is 82.6 Å². The highest BCUT2D eigenvalue weighted by Crippen LogP contribution is 2.64. The van der Waals surface area contributed by atoms with Gasteiger partial charge >= 0.3 is 5.97 Å². The van der Waals surface area contributed by atoms with Crippen molar-refractivity contribution in [2.75, 3.05) is 24.7 Å². The molecule has 0 aromatic heterocycles. The van der Waals surface area contributed by atoms with Crippen molar-refractivity contribution < 1.29 is 29.0 Å². The molecule has 41 heavy (non-hydrogen) atoms. The first-order valence-corrected chi connectivity index (χ1v) is 15.1. The van der Waals surface area contributed by atoms with Gasteiger partial charge in [0, 0.05) is 17.3 Å². The van der Waals surface area contributed by atoms with Crippen LogP contribution in [0.2, 0.25) is 5.02 Å². The van der Waals surface area contributed by atoms with E-state index in [1.54, 1.807) is 35.2 Å². The Kier molecular flexibility index (Phi) is 9.66. The van der Waals surface area contributed by atoms with E-state index in [1.807, 2.05) is 26.8 Å². The van der Waals surface area contributed by atoms with Crippen molar-refractivity contribution in [3.05, 3.63) is 54.6 Å². The van der Waals surface area contributed by atoms with Crippen molar-refractivity contribution in [2.24, 2.45) is 17.8 Å². The van der Waals surface area contributed by atoms with Gasteiger partial charge in [-0.3, -0.25) is 14.4 Å². The number of carbonyl (C=O) groups is 3. The van der Waals surface area contributed by atoms with E-state index in [2.05, 4.69) is 13.2 Å². The van der Waals surface area contributed by atoms with Crippen molar-refractivity contribution in [3.8, 4) is 0 Å². The summed E-state index contributed by atoms with van der Waals surface area (Å²) in [4.78, 5) is 45.8. The van der Waals surface area contributed by atoms with E-state index in [4.69, 9.17) is 21.1 Å². The number of carbonyl (C=O) groups excluding carboxylic acids is 3. The van der Waals surface area contributed by atoms with Crippen molar-refractivity contribution in [3.63, 3.8) is 0 Å². The molecule has 2 bridgehead atoms. The first-order valence-electron chi connectivity index (χ1n) is 14.7. The topological polar surface area (TPSA) is 96.4 Å². The second-order valence-electron chi connectivity index (χ2n) is 11.8. The number of esters is 1. The second-order valence-corrected chi connectivity index (χ2v) is 12.2. The molecular weight excluding hydrogens is 544 g/mol. The lowest BCUT2D eigenvalue weighted by Crippen LogP contribution is -2.60. The molecule has 7 atom stereocenters. The van der Waals surface area contributed by atoms with Crippen molar-refractivity contribution in [1.29, 1.82) is 0 Å². The number of rotatable bonds is 14. The molecule has 3 saturated heterocycles. The lowest BCUT2D eigenvalue weighted by atomic mass is 9.66. The van der Waals surface area contributed by atoms with Crippen LogP contribution in [0.15, 0.2) is 49.6 Å². The van der Waals surface area contributed by atoms with Gasteiger partial charge in [-0.05, 0) is 69.2 Å². The zero-order valence-corrected chi connectivity index (χ0v) is 25.1. The molecule has 8 nitrogen and oxygen atoms in total. The van der Waals surface area contributed by atoms with E-state index in [0.29, 0.717) is 36.4 Å². The summed E-state index contributed by atoms with van der Waals surface area (Å²) in [5, 5.41) is 11.1. The summed E-state index contributed by atoms with van der Waals surface area (Å²) in [7, 11) is 0. The Morgan fingerprint density at radius 3 is 2.56 bits per heavy atom. The number of benzene rings is 1. The molecule has 1 spiro atoms. The average molecular weight is 587 g/mol. The van der Waals surface area contributed by atoms with E-state index in [1.165, 1.54) is 4.90 Å². The number of amides is 2. The third-order valence-corrected chi connectivity index (χ3v) is 9.56. The fourth-order valence-corrected chi connectivity index (χ4v) is 7.17. The Hall–Kier alpha value is -2.68. The number of halogens is 1. The minimum atomic E-state index is -1.22. The molecule has 1 aromatic rings. The van der Waals surface area contributed by atoms with Gasteiger partial charge in [-0.1, -0.05) is 44.0 Å². The summed E-state index contributed by atoms with van der Waals surface area (Å²) >= 11 is 6.13. The van der Waals surface area contributed by atoms with Gasteiger partial charge in [-0.2, -0.15) is 0 Å². The molecule has 0 saturated carbocycles. The van der Waals surface area contributed by atoms with Gasteiger partial charge < -0.3 is 24.4 Å². The largest absolute Gasteiger partial charge is 0.465 e. The summed E-state index contributed by atoms with van der Waals surface area (Å²) in [6.07, 6.45) is 7.47. The van der Waals surface area contributed by atoms with Crippen LogP contribution < -0.4 is 4.90 Å². The highest BCUT2D eigenvalue weighted by Gasteiger charge is 2.79. The third-order valence-electron chi connectivity index (χ3n) is 9.31. The number of ether oxygens (including phenoxy) is 2. The molecule has 3 heterocycles. The fourth-order valence-electron chi connectivity index (χ4n) is 7.05. The zero-order chi connectivity index (χ0) is 29.9. The van der Waals surface area contributed by atoms with Crippen LogP contribution >= 0.6 is 11.6 Å². The van der Waals surface area contributed by atoms with Gasteiger partial charge in [0.1, 0.15) is 17.6 Å². The number of nitrogens with zero attached hydrogens (tertiary/aromatic N) is 2. The molecule has 9 heteroatoms. The molecule has 4 rings (SSSR count). The number of allylic oxidation sites excluding steroid dienone is 1. The smallest absolute Gasteiger partial charge is 0.312 e. The maximum Gasteiger partial charge on any atom is 0.312 e. The van der Waals surface area contributed by atoms with E-state index in [0.717, 1.165) is 12.8 Å². The standard InChI is InChI=1S/C32H43ClN2O6/c1-6-9-10-11-19-40-30(39)26-25-28(37)35(24(20-36)21(4)8-3)27(32(25)17-16-31(26,5)41-32)29(38)34(18-7-2)23-14-12-22(33)13-15-23/h6-7,12-15,21,24-27,36H,1-2,8-11,16-20H2,3-5H3/t21-,24-,25-,26+,27?,31-,32?/m0/s1. The molecule has 224 valence electrons. The lowest BCUT2D eigenvalue weighted by molar-refractivity contribution is -0.161. The molecule has 3 fully saturated rings. The predicted molar refractivity (Wildman–Crippen MR) is 158 cm³/mol. The van der Waals surface area contributed by atoms with E-state index in [9.17, 15) is 19.5 Å². The summed E-state index contributed by atoms with van der Waals surface area (Å²) in [5.74, 6) is -2.97. The first-order chi connectivity index (χ1) is 19.6. The third kappa shape index (κ3) is 5.46. The van der Waals surface area contributed by atoms with Gasteiger partial charge in [-0.15, -0.1) is 13.2 Å². The number of aliphatic hydroxyl groups is 1. The van der Waals surface area contributed by atoms with E-state index in [-0.39, 0.29) is 37.5 Å². The molecule has 3 aliphatic rings. The first kappa shape index (κ1) is 31.3. The SMILES string of the molecule is C=CCCCCOC(=O)[C@H]1[C@H]2C(=O)N([C@@H](CO)[C@@H](C)CC)C(C(=O)N(CC=C)c3ccc(Cl)cc3)C23CC[C@]1(C)O3. The molecule has 1 N–H and O–H groups in total. The molecule has 1 aromatic carbocycles. The number of likely N-dealkylation sites (tertiary alicyclic amines) is 1. The highest BCUT2D eigenvalue weighted by atomic mass is 35.5. The van der Waals surface area contributed by atoms with Crippen LogP contribution in [-0.4, -0.2) is 70.8 Å². The number of fused-ring (bicyclic) bond motifs is 1. The normalized spacial score (nSPS) is 29.6. The van der Waals surface area contributed by atoms with Crippen molar-refractivity contribution >= 4 is 35.1 Å². The molecule has 0 radical (unpaired) electrons. The van der Waals surface area contributed by atoms with Gasteiger partial charge in [-0.25, -0.2) is 0 Å². The van der Waals surface area contributed by atoms with Gasteiger partial charge in [0.15, 0.2) is 0 Å². The molecule has 0 aliphatic carbocycles. The summed E-state index contributed by atoms with van der Waals surface area (Å²) in [6.45, 7) is 13.5. The summed E-state index contributed by atoms with van der Waals surface area (Å²) in [5.41, 5.74) is -1.55. The monoisotopic (exact) mass is 586 g/mol. The van der Waals surface area contributed by atoms with Crippen LogP contribution in [-0.2, 0) is 23.9 Å². The van der Waals surface area contributed by atoms with Gasteiger partial charge in [0.25, 0.3) is 5.91 Å². The molecular formula is C32H43ClN2O6. The van der Waals surface area contributed by atoms with Crippen LogP contribution in [0.4, 0.5) is 5.69 Å². The quantitative estimate of drug-likeness (QED) is 0.189. The molecule has 2 unspecified atom stereocenters. The molecule has 2 amide bonds. The molecule has 3 aliphatic heterocycles. The summed E-state index contributed by atoms with van der Waals surface area (Å²) < 4.78 is 12.4.